The Kier molecular flexibility index (Phi) is 7.75. The van der Waals surface area contributed by atoms with Gasteiger partial charge in [-0.2, -0.15) is 23.0 Å². The van der Waals surface area contributed by atoms with Crippen molar-refractivity contribution in [1.82, 2.24) is 14.3 Å². The van der Waals surface area contributed by atoms with Crippen LogP contribution in [-0.2, 0) is 22.5 Å². The fraction of sp³-hybridized carbons (Fsp3) is 0.292. The Hall–Kier alpha value is -3.33. The summed E-state index contributed by atoms with van der Waals surface area (Å²) < 4.78 is 40.3. The van der Waals surface area contributed by atoms with Gasteiger partial charge in [0.2, 0.25) is 5.88 Å². The van der Waals surface area contributed by atoms with Crippen LogP contribution < -0.4 is 13.8 Å². The average molecular weight is 512 g/mol. The zero-order valence-electron chi connectivity index (χ0n) is 19.4. The topological polar surface area (TPSA) is 109 Å². The third-order valence-corrected chi connectivity index (χ3v) is 8.30. The molecule has 0 saturated carbocycles. The van der Waals surface area contributed by atoms with Gasteiger partial charge in [0, 0.05) is 24.9 Å². The summed E-state index contributed by atoms with van der Waals surface area (Å²) in [5.41, 5.74) is 2.37. The molecule has 0 bridgehead atoms. The van der Waals surface area contributed by atoms with Crippen molar-refractivity contribution in [2.24, 2.45) is 0 Å². The fourth-order valence-electron chi connectivity index (χ4n) is 3.35. The molecule has 0 aliphatic carbocycles. The molecule has 0 unspecified atom stereocenters. The van der Waals surface area contributed by atoms with E-state index >= 15 is 0 Å². The predicted molar refractivity (Wildman–Crippen MR) is 134 cm³/mol. The van der Waals surface area contributed by atoms with E-state index in [0.717, 1.165) is 17.5 Å². The molecular formula is C24H25N5O4S2. The summed E-state index contributed by atoms with van der Waals surface area (Å²) in [6.45, 7) is 1.05. The molecule has 2 heterocycles. The maximum absolute atomic E-state index is 13.5. The van der Waals surface area contributed by atoms with Gasteiger partial charge >= 0.3 is 10.2 Å². The third-order valence-electron chi connectivity index (χ3n) is 5.49. The lowest BCUT2D eigenvalue weighted by molar-refractivity contribution is 0.307. The Morgan fingerprint density at radius 1 is 1.03 bits per heavy atom. The van der Waals surface area contributed by atoms with Crippen LogP contribution in [0.15, 0.2) is 59.8 Å². The second-order valence-corrected chi connectivity index (χ2v) is 10.6. The van der Waals surface area contributed by atoms with Crippen molar-refractivity contribution >= 4 is 27.8 Å². The van der Waals surface area contributed by atoms with Crippen molar-refractivity contribution in [3.63, 3.8) is 0 Å². The van der Waals surface area contributed by atoms with Gasteiger partial charge < -0.3 is 9.47 Å². The van der Waals surface area contributed by atoms with Crippen molar-refractivity contribution in [1.29, 1.82) is 5.26 Å². The van der Waals surface area contributed by atoms with E-state index in [0.29, 0.717) is 35.3 Å². The van der Waals surface area contributed by atoms with Gasteiger partial charge in [-0.15, -0.1) is 0 Å². The highest BCUT2D eigenvalue weighted by molar-refractivity contribution is 7.98. The normalized spacial score (nSPS) is 13.5. The highest BCUT2D eigenvalue weighted by Crippen LogP contribution is 2.30. The molecule has 0 N–H and O–H groups in total. The van der Waals surface area contributed by atoms with E-state index in [1.807, 2.05) is 24.3 Å². The number of thioether (sulfide) groups is 1. The molecule has 1 fully saturated rings. The molecule has 0 radical (unpaired) electrons. The van der Waals surface area contributed by atoms with Gasteiger partial charge in [-0.25, -0.2) is 9.29 Å². The highest BCUT2D eigenvalue weighted by atomic mass is 32.2. The van der Waals surface area contributed by atoms with Crippen LogP contribution in [-0.4, -0.2) is 50.0 Å². The van der Waals surface area contributed by atoms with Gasteiger partial charge in [-0.1, -0.05) is 36.0 Å². The van der Waals surface area contributed by atoms with Gasteiger partial charge in [0.05, 0.1) is 32.4 Å². The summed E-state index contributed by atoms with van der Waals surface area (Å²) in [5.74, 6) is 1.75. The molecule has 0 atom stereocenters. The lowest BCUT2D eigenvalue weighted by Gasteiger charge is -2.35. The first kappa shape index (κ1) is 24.8. The fourth-order valence-corrected chi connectivity index (χ4v) is 5.79. The van der Waals surface area contributed by atoms with Gasteiger partial charge in [0.25, 0.3) is 0 Å². The summed E-state index contributed by atoms with van der Waals surface area (Å²) in [4.78, 5) is 8.98. The second kappa shape index (κ2) is 10.9. The summed E-state index contributed by atoms with van der Waals surface area (Å²) >= 11 is 1.36. The van der Waals surface area contributed by atoms with Crippen LogP contribution in [0.4, 0.5) is 5.82 Å². The Bertz CT molecular complexity index is 1310. The zero-order chi connectivity index (χ0) is 24.8. The lowest BCUT2D eigenvalue weighted by atomic mass is 10.2. The van der Waals surface area contributed by atoms with Crippen LogP contribution in [0.1, 0.15) is 23.1 Å². The van der Waals surface area contributed by atoms with Crippen molar-refractivity contribution in [2.45, 2.75) is 23.9 Å². The van der Waals surface area contributed by atoms with Gasteiger partial charge in [-0.05, 0) is 41.8 Å². The number of ether oxygens (including phenoxy) is 2. The zero-order valence-corrected chi connectivity index (χ0v) is 21.1. The number of rotatable bonds is 10. The lowest BCUT2D eigenvalue weighted by Crippen LogP contribution is -2.50. The van der Waals surface area contributed by atoms with Crippen LogP contribution in [0.3, 0.4) is 0 Å². The monoisotopic (exact) mass is 511 g/mol. The number of anilines is 1. The first-order valence-corrected chi connectivity index (χ1v) is 13.3. The number of nitrogens with zero attached hydrogens (tertiary/aromatic N) is 5. The van der Waals surface area contributed by atoms with E-state index in [9.17, 15) is 8.42 Å². The number of hydrogen-bond donors (Lipinski definition) is 0. The molecule has 0 amide bonds. The molecule has 9 nitrogen and oxygen atoms in total. The first-order chi connectivity index (χ1) is 16.9. The average Bonchev–Trinajstić information content (AvgIpc) is 2.85. The Morgan fingerprint density at radius 2 is 1.71 bits per heavy atom. The maximum Gasteiger partial charge on any atom is 0.305 e. The molecule has 1 aliphatic rings. The SMILES string of the molecule is COc1ccc(CN(c2cc(OC)nc(SCc3ccc(C#N)cc3)n2)S(=O)(=O)N2CCC2)cc1. The second-order valence-electron chi connectivity index (χ2n) is 7.76. The molecular weight excluding hydrogens is 486 g/mol. The minimum absolute atomic E-state index is 0.0999. The van der Waals surface area contributed by atoms with E-state index in [2.05, 4.69) is 16.0 Å². The largest absolute Gasteiger partial charge is 0.497 e. The van der Waals surface area contributed by atoms with Gasteiger partial charge in [-0.3, -0.25) is 0 Å². The molecule has 0 spiro atoms. The quantitative estimate of drug-likeness (QED) is 0.300. The molecule has 1 aliphatic heterocycles. The number of benzene rings is 2. The molecule has 1 aromatic heterocycles. The number of aromatic nitrogens is 2. The van der Waals surface area contributed by atoms with Crippen molar-refractivity contribution in [3.8, 4) is 17.7 Å². The number of methoxy groups -OCH3 is 2. The summed E-state index contributed by atoms with van der Waals surface area (Å²) in [6.07, 6.45) is 0.828. The van der Waals surface area contributed by atoms with Crippen molar-refractivity contribution in [3.05, 3.63) is 71.3 Å². The smallest absolute Gasteiger partial charge is 0.305 e. The minimum Gasteiger partial charge on any atom is -0.497 e. The maximum atomic E-state index is 13.5. The van der Waals surface area contributed by atoms with E-state index in [1.54, 1.807) is 31.4 Å². The van der Waals surface area contributed by atoms with Crippen LogP contribution in [0, 0.1) is 11.3 Å². The molecule has 4 rings (SSSR count). The van der Waals surface area contributed by atoms with E-state index < -0.39 is 10.2 Å². The first-order valence-electron chi connectivity index (χ1n) is 10.9. The van der Waals surface area contributed by atoms with Crippen molar-refractivity contribution < 1.29 is 17.9 Å². The minimum atomic E-state index is -3.80. The summed E-state index contributed by atoms with van der Waals surface area (Å²) in [7, 11) is -0.730. The third kappa shape index (κ3) is 5.85. The van der Waals surface area contributed by atoms with Crippen LogP contribution in [0.5, 0.6) is 11.6 Å². The van der Waals surface area contributed by atoms with E-state index in [4.69, 9.17) is 14.7 Å². The molecule has 11 heteroatoms. The molecule has 2 aromatic carbocycles. The molecule has 182 valence electrons. The van der Waals surface area contributed by atoms with Crippen LogP contribution in [0.2, 0.25) is 0 Å². The molecule has 35 heavy (non-hydrogen) atoms. The molecule has 3 aromatic rings. The van der Waals surface area contributed by atoms with Crippen LogP contribution in [0.25, 0.3) is 0 Å². The van der Waals surface area contributed by atoms with Gasteiger partial charge in [0.1, 0.15) is 5.75 Å². The number of hydrogen-bond acceptors (Lipinski definition) is 8. The molecule has 1 saturated heterocycles. The Balaban J connectivity index is 1.64. The Labute approximate surface area is 209 Å². The van der Waals surface area contributed by atoms with Crippen LogP contribution >= 0.6 is 11.8 Å². The van der Waals surface area contributed by atoms with E-state index in [1.165, 1.54) is 33.5 Å². The predicted octanol–water partition coefficient (Wildman–Crippen LogP) is 3.61. The Morgan fingerprint density at radius 3 is 2.29 bits per heavy atom. The summed E-state index contributed by atoms with van der Waals surface area (Å²) in [6, 6.07) is 18.1. The van der Waals surface area contributed by atoms with Gasteiger partial charge in [0.15, 0.2) is 11.0 Å². The standard InChI is InChI=1S/C24H25N5O4S2/c1-32-21-10-8-19(9-11-21)16-29(35(30,31)28-12-3-13-28)22-14-23(33-2)27-24(26-22)34-17-20-6-4-18(15-25)5-7-20/h4-11,14H,3,12-13,16-17H2,1-2H3. The van der Waals surface area contributed by atoms with E-state index in [-0.39, 0.29) is 18.2 Å². The van der Waals surface area contributed by atoms with Crippen molar-refractivity contribution in [2.75, 3.05) is 31.6 Å². The summed E-state index contributed by atoms with van der Waals surface area (Å²) in [5, 5.41) is 9.37. The number of nitriles is 1. The highest BCUT2D eigenvalue weighted by Gasteiger charge is 2.35.